The summed E-state index contributed by atoms with van der Waals surface area (Å²) in [7, 11) is 4.23. The molecule has 0 saturated carbocycles. The minimum Gasteiger partial charge on any atom is -0.364 e. The first-order valence-corrected chi connectivity index (χ1v) is 10.9. The van der Waals surface area contributed by atoms with Crippen molar-refractivity contribution in [2.24, 2.45) is 0 Å². The number of halogens is 2. The lowest BCUT2D eigenvalue weighted by molar-refractivity contribution is 0.137. The Bertz CT molecular complexity index is 1230. The average molecular weight is 452 g/mol. The van der Waals surface area contributed by atoms with E-state index in [1.165, 1.54) is 0 Å². The van der Waals surface area contributed by atoms with Crippen molar-refractivity contribution in [1.29, 1.82) is 5.26 Å². The molecule has 9 heteroatoms. The van der Waals surface area contributed by atoms with E-state index in [2.05, 4.69) is 51.3 Å². The topological polar surface area (TPSA) is 81.0 Å². The smallest absolute Gasteiger partial charge is 0.157 e. The van der Waals surface area contributed by atoms with Crippen molar-refractivity contribution in [3.05, 3.63) is 52.9 Å². The SMILES string of the molecule is Cc1nnc(NCc2cc(F)cc(C#N)c2F)c2cc(N3CCC(C)(N(C)C)CC3)ncc12. The molecule has 172 valence electrons. The van der Waals surface area contributed by atoms with Crippen molar-refractivity contribution in [2.75, 3.05) is 37.4 Å². The van der Waals surface area contributed by atoms with E-state index < -0.39 is 11.6 Å². The number of hydrogen-bond acceptors (Lipinski definition) is 7. The van der Waals surface area contributed by atoms with E-state index in [1.807, 2.05) is 13.0 Å². The van der Waals surface area contributed by atoms with Gasteiger partial charge >= 0.3 is 0 Å². The number of benzene rings is 1. The number of aryl methyl sites for hydroxylation is 1. The zero-order valence-electron chi connectivity index (χ0n) is 19.3. The van der Waals surface area contributed by atoms with Gasteiger partial charge in [-0.2, -0.15) is 10.4 Å². The summed E-state index contributed by atoms with van der Waals surface area (Å²) in [5.41, 5.74) is 0.625. The van der Waals surface area contributed by atoms with E-state index >= 15 is 0 Å². The van der Waals surface area contributed by atoms with E-state index in [-0.39, 0.29) is 23.2 Å². The molecule has 0 radical (unpaired) electrons. The second-order valence-corrected chi connectivity index (χ2v) is 8.99. The van der Waals surface area contributed by atoms with Crippen LogP contribution in [0.5, 0.6) is 0 Å². The molecular weight excluding hydrogens is 424 g/mol. The lowest BCUT2D eigenvalue weighted by Gasteiger charge is -2.44. The number of nitrogens with zero attached hydrogens (tertiary/aromatic N) is 6. The van der Waals surface area contributed by atoms with Crippen LogP contribution in [0.1, 0.15) is 36.6 Å². The zero-order valence-corrected chi connectivity index (χ0v) is 19.3. The van der Waals surface area contributed by atoms with Crippen molar-refractivity contribution < 1.29 is 8.78 Å². The Morgan fingerprint density at radius 1 is 1.15 bits per heavy atom. The third kappa shape index (κ3) is 4.44. The summed E-state index contributed by atoms with van der Waals surface area (Å²) >= 11 is 0. The van der Waals surface area contributed by atoms with E-state index in [0.29, 0.717) is 5.82 Å². The fourth-order valence-corrected chi connectivity index (χ4v) is 4.16. The molecule has 7 nitrogen and oxygen atoms in total. The van der Waals surface area contributed by atoms with Gasteiger partial charge in [-0.3, -0.25) is 0 Å². The van der Waals surface area contributed by atoms with Crippen LogP contribution in [0.15, 0.2) is 24.4 Å². The van der Waals surface area contributed by atoms with Gasteiger partial charge in [0.15, 0.2) is 5.82 Å². The predicted octanol–water partition coefficient (Wildman–Crippen LogP) is 4.02. The Morgan fingerprint density at radius 3 is 2.55 bits per heavy atom. The minimum absolute atomic E-state index is 0.0341. The Labute approximate surface area is 192 Å². The van der Waals surface area contributed by atoms with Crippen LogP contribution in [0.3, 0.4) is 0 Å². The number of pyridine rings is 1. The van der Waals surface area contributed by atoms with Crippen LogP contribution in [0.25, 0.3) is 10.8 Å². The maximum atomic E-state index is 14.5. The Balaban J connectivity index is 1.62. The maximum Gasteiger partial charge on any atom is 0.157 e. The minimum atomic E-state index is -0.740. The van der Waals surface area contributed by atoms with Crippen LogP contribution < -0.4 is 10.2 Å². The summed E-state index contributed by atoms with van der Waals surface area (Å²) in [5, 5.41) is 22.2. The lowest BCUT2D eigenvalue weighted by Crippen LogP contribution is -2.50. The molecule has 33 heavy (non-hydrogen) atoms. The quantitative estimate of drug-likeness (QED) is 0.628. The van der Waals surface area contributed by atoms with Crippen LogP contribution >= 0.6 is 0 Å². The van der Waals surface area contributed by atoms with Gasteiger partial charge in [0, 0.05) is 47.7 Å². The summed E-state index contributed by atoms with van der Waals surface area (Å²) in [6.45, 7) is 5.88. The highest BCUT2D eigenvalue weighted by molar-refractivity contribution is 5.94. The second-order valence-electron chi connectivity index (χ2n) is 8.99. The number of hydrogen-bond donors (Lipinski definition) is 1. The molecule has 1 saturated heterocycles. The summed E-state index contributed by atoms with van der Waals surface area (Å²) in [4.78, 5) is 9.20. The zero-order chi connectivity index (χ0) is 23.8. The van der Waals surface area contributed by atoms with Gasteiger partial charge < -0.3 is 15.1 Å². The first kappa shape index (κ1) is 22.8. The number of aromatic nitrogens is 3. The number of piperidine rings is 1. The van der Waals surface area contributed by atoms with Crippen molar-refractivity contribution >= 4 is 22.4 Å². The predicted molar refractivity (Wildman–Crippen MR) is 124 cm³/mol. The molecule has 3 heterocycles. The highest BCUT2D eigenvalue weighted by Crippen LogP contribution is 2.31. The molecule has 1 aliphatic rings. The van der Waals surface area contributed by atoms with Gasteiger partial charge in [0.25, 0.3) is 0 Å². The van der Waals surface area contributed by atoms with Gasteiger partial charge in [-0.05, 0) is 59.0 Å². The molecule has 1 N–H and O–H groups in total. The maximum absolute atomic E-state index is 14.5. The summed E-state index contributed by atoms with van der Waals surface area (Å²) < 4.78 is 28.3. The molecular formula is C24H27F2N7. The van der Waals surface area contributed by atoms with Crippen molar-refractivity contribution in [1.82, 2.24) is 20.1 Å². The van der Waals surface area contributed by atoms with Gasteiger partial charge in [0.2, 0.25) is 0 Å². The normalized spacial score (nSPS) is 15.6. The molecule has 0 unspecified atom stereocenters. The third-order valence-corrected chi connectivity index (χ3v) is 6.76. The molecule has 2 aromatic heterocycles. The molecule has 4 rings (SSSR count). The highest BCUT2D eigenvalue weighted by atomic mass is 19.1. The largest absolute Gasteiger partial charge is 0.364 e. The molecule has 0 bridgehead atoms. The first-order valence-electron chi connectivity index (χ1n) is 10.9. The summed E-state index contributed by atoms with van der Waals surface area (Å²) in [5.74, 6) is -0.0969. The van der Waals surface area contributed by atoms with Crippen molar-refractivity contribution in [3.63, 3.8) is 0 Å². The Morgan fingerprint density at radius 2 is 1.88 bits per heavy atom. The first-order chi connectivity index (χ1) is 15.7. The highest BCUT2D eigenvalue weighted by Gasteiger charge is 2.32. The van der Waals surface area contributed by atoms with Crippen LogP contribution in [0.4, 0.5) is 20.4 Å². The second kappa shape index (κ2) is 8.87. The fourth-order valence-electron chi connectivity index (χ4n) is 4.16. The van der Waals surface area contributed by atoms with Crippen LogP contribution in [0, 0.1) is 29.9 Å². The molecule has 1 aromatic carbocycles. The standard InChI is InChI=1S/C24H27F2N7/c1-15-20-14-28-21(33-7-5-24(2,6-8-33)32(3)4)11-19(20)23(31-30-15)29-13-17-10-18(25)9-16(12-27)22(17)26/h9-11,14H,5-8,13H2,1-4H3,(H,29,31). The van der Waals surface area contributed by atoms with E-state index in [1.54, 1.807) is 12.3 Å². The summed E-state index contributed by atoms with van der Waals surface area (Å²) in [6.07, 6.45) is 3.84. The number of nitriles is 1. The van der Waals surface area contributed by atoms with Crippen molar-refractivity contribution in [3.8, 4) is 6.07 Å². The van der Waals surface area contributed by atoms with Gasteiger partial charge in [-0.1, -0.05) is 0 Å². The van der Waals surface area contributed by atoms with Gasteiger partial charge in [0.05, 0.1) is 11.3 Å². The Kier molecular flexibility index (Phi) is 6.13. The molecule has 0 spiro atoms. The number of rotatable bonds is 5. The number of nitrogens with one attached hydrogen (secondary N) is 1. The average Bonchev–Trinajstić information content (AvgIpc) is 2.80. The number of fused-ring (bicyclic) bond motifs is 1. The molecule has 1 fully saturated rings. The molecule has 1 aliphatic heterocycles. The van der Waals surface area contributed by atoms with Crippen molar-refractivity contribution in [2.45, 2.75) is 38.8 Å². The molecule has 0 atom stereocenters. The van der Waals surface area contributed by atoms with Crippen LogP contribution in [0.2, 0.25) is 0 Å². The van der Waals surface area contributed by atoms with E-state index in [4.69, 9.17) is 5.26 Å². The molecule has 0 aliphatic carbocycles. The number of anilines is 2. The van der Waals surface area contributed by atoms with Crippen LogP contribution in [-0.4, -0.2) is 52.8 Å². The van der Waals surface area contributed by atoms with E-state index in [0.717, 1.165) is 60.3 Å². The molecule has 0 amide bonds. The third-order valence-electron chi connectivity index (χ3n) is 6.76. The van der Waals surface area contributed by atoms with Crippen LogP contribution in [-0.2, 0) is 6.54 Å². The van der Waals surface area contributed by atoms with Gasteiger partial charge in [-0.15, -0.1) is 5.10 Å². The van der Waals surface area contributed by atoms with E-state index in [9.17, 15) is 8.78 Å². The van der Waals surface area contributed by atoms with Gasteiger partial charge in [0.1, 0.15) is 23.5 Å². The fraction of sp³-hybridized carbons (Fsp3) is 0.417. The lowest BCUT2D eigenvalue weighted by atomic mass is 9.88. The molecule has 3 aromatic rings. The monoisotopic (exact) mass is 451 g/mol. The summed E-state index contributed by atoms with van der Waals surface area (Å²) in [6, 6.07) is 5.62. The Hall–Kier alpha value is -3.38. The van der Waals surface area contributed by atoms with Gasteiger partial charge in [-0.25, -0.2) is 13.8 Å².